The molecule has 0 amide bonds. The van der Waals surface area contributed by atoms with Crippen molar-refractivity contribution in [3.05, 3.63) is 64.7 Å². The number of aromatic nitrogens is 8. The van der Waals surface area contributed by atoms with E-state index < -0.39 is 0 Å². The largest absolute Gasteiger partial charge is 0.383 e. The van der Waals surface area contributed by atoms with Crippen LogP contribution in [-0.4, -0.2) is 39.1 Å². The number of hydrogen-bond donors (Lipinski definition) is 1. The van der Waals surface area contributed by atoms with Gasteiger partial charge in [-0.05, 0) is 18.6 Å². The molecule has 0 saturated carbocycles. The predicted octanol–water partition coefficient (Wildman–Crippen LogP) is 1.20. The van der Waals surface area contributed by atoms with Gasteiger partial charge in [0.05, 0.1) is 23.5 Å². The summed E-state index contributed by atoms with van der Waals surface area (Å²) in [4.78, 5) is 26.4. The fourth-order valence-corrected chi connectivity index (χ4v) is 3.50. The number of rotatable bonds is 3. The van der Waals surface area contributed by atoms with E-state index in [2.05, 4.69) is 20.2 Å². The molecule has 10 heteroatoms. The highest BCUT2D eigenvalue weighted by Crippen LogP contribution is 2.19. The third-order valence-corrected chi connectivity index (χ3v) is 4.94. The summed E-state index contributed by atoms with van der Waals surface area (Å²) < 4.78 is 4.81. The lowest BCUT2D eigenvalue weighted by molar-refractivity contribution is 0.647. The van der Waals surface area contributed by atoms with E-state index in [1.165, 1.54) is 6.33 Å². The van der Waals surface area contributed by atoms with Crippen LogP contribution < -0.4 is 11.3 Å². The number of nitrogens with two attached hydrogens (primary N) is 1. The van der Waals surface area contributed by atoms with Crippen molar-refractivity contribution >= 4 is 27.9 Å². The molecular weight excluding hydrogens is 370 g/mol. The average molecular weight is 387 g/mol. The molecule has 4 aromatic heterocycles. The smallest absolute Gasteiger partial charge is 0.284 e. The molecule has 4 heterocycles. The van der Waals surface area contributed by atoms with E-state index in [1.807, 2.05) is 31.2 Å². The Balaban J connectivity index is 1.78. The molecule has 1 aromatic carbocycles. The summed E-state index contributed by atoms with van der Waals surface area (Å²) in [5, 5.41) is 9.23. The van der Waals surface area contributed by atoms with Gasteiger partial charge < -0.3 is 5.73 Å². The van der Waals surface area contributed by atoms with Gasteiger partial charge in [-0.3, -0.25) is 14.0 Å². The van der Waals surface area contributed by atoms with E-state index in [9.17, 15) is 4.79 Å². The molecule has 144 valence electrons. The topological polar surface area (TPSA) is 122 Å². The molecule has 29 heavy (non-hydrogen) atoms. The molecule has 0 bridgehead atoms. The van der Waals surface area contributed by atoms with Gasteiger partial charge >= 0.3 is 0 Å². The first kappa shape index (κ1) is 17.0. The van der Waals surface area contributed by atoms with Gasteiger partial charge in [0.2, 0.25) is 0 Å². The van der Waals surface area contributed by atoms with Gasteiger partial charge in [-0.2, -0.15) is 10.2 Å². The fraction of sp³-hybridized carbons (Fsp3) is 0.158. The zero-order valence-corrected chi connectivity index (χ0v) is 15.8. The molecule has 2 N–H and O–H groups in total. The minimum absolute atomic E-state index is 0.190. The second-order valence-corrected chi connectivity index (χ2v) is 6.76. The normalized spacial score (nSPS) is 11.5. The first-order valence-electron chi connectivity index (χ1n) is 8.96. The molecule has 0 fully saturated rings. The maximum absolute atomic E-state index is 13.4. The highest BCUT2D eigenvalue weighted by molar-refractivity contribution is 5.84. The minimum atomic E-state index is -0.190. The lowest BCUT2D eigenvalue weighted by Crippen LogP contribution is -2.27. The van der Waals surface area contributed by atoms with Crippen LogP contribution >= 0.6 is 0 Å². The maximum Gasteiger partial charge on any atom is 0.284 e. The first-order valence-corrected chi connectivity index (χ1v) is 8.96. The summed E-state index contributed by atoms with van der Waals surface area (Å²) in [6.07, 6.45) is 4.59. The van der Waals surface area contributed by atoms with Crippen LogP contribution in [0, 0.1) is 6.92 Å². The summed E-state index contributed by atoms with van der Waals surface area (Å²) in [6, 6.07) is 7.67. The number of hydrogen-bond acceptors (Lipinski definition) is 7. The number of fused-ring (bicyclic) bond motifs is 2. The monoisotopic (exact) mass is 387 g/mol. The molecule has 5 rings (SSSR count). The van der Waals surface area contributed by atoms with Crippen molar-refractivity contribution in [1.82, 2.24) is 39.1 Å². The van der Waals surface area contributed by atoms with E-state index >= 15 is 0 Å². The zero-order valence-electron chi connectivity index (χ0n) is 15.8. The van der Waals surface area contributed by atoms with Crippen molar-refractivity contribution in [3.63, 3.8) is 0 Å². The fourth-order valence-electron chi connectivity index (χ4n) is 3.50. The Morgan fingerprint density at radius 2 is 1.93 bits per heavy atom. The summed E-state index contributed by atoms with van der Waals surface area (Å²) in [5.74, 6) is 0.875. The Morgan fingerprint density at radius 3 is 2.76 bits per heavy atom. The minimum Gasteiger partial charge on any atom is -0.383 e. The quantitative estimate of drug-likeness (QED) is 0.493. The molecule has 0 aliphatic rings. The third-order valence-electron chi connectivity index (χ3n) is 4.94. The third kappa shape index (κ3) is 2.57. The van der Waals surface area contributed by atoms with Gasteiger partial charge in [-0.15, -0.1) is 0 Å². The van der Waals surface area contributed by atoms with Crippen LogP contribution in [0.5, 0.6) is 0 Å². The highest BCUT2D eigenvalue weighted by Gasteiger charge is 2.18. The second kappa shape index (κ2) is 6.23. The van der Waals surface area contributed by atoms with Crippen LogP contribution in [0.2, 0.25) is 0 Å². The van der Waals surface area contributed by atoms with Crippen molar-refractivity contribution < 1.29 is 0 Å². The lowest BCUT2D eigenvalue weighted by Gasteiger charge is -2.15. The van der Waals surface area contributed by atoms with E-state index in [4.69, 9.17) is 10.7 Å². The molecule has 0 atom stereocenters. The summed E-state index contributed by atoms with van der Waals surface area (Å²) in [5.41, 5.74) is 8.99. The van der Waals surface area contributed by atoms with Crippen LogP contribution in [0.15, 0.2) is 47.8 Å². The van der Waals surface area contributed by atoms with Crippen LogP contribution in [0.4, 0.5) is 5.82 Å². The molecule has 0 unspecified atom stereocenters. The molecule has 0 saturated heterocycles. The van der Waals surface area contributed by atoms with Crippen molar-refractivity contribution in [3.8, 4) is 5.69 Å². The lowest BCUT2D eigenvalue weighted by atomic mass is 10.2. The zero-order chi connectivity index (χ0) is 20.1. The van der Waals surface area contributed by atoms with Gasteiger partial charge in [-0.25, -0.2) is 19.6 Å². The van der Waals surface area contributed by atoms with Gasteiger partial charge in [0.15, 0.2) is 11.2 Å². The predicted molar refractivity (Wildman–Crippen MR) is 108 cm³/mol. The van der Waals surface area contributed by atoms with Crippen LogP contribution in [0.1, 0.15) is 11.4 Å². The molecule has 10 nitrogen and oxygen atoms in total. The van der Waals surface area contributed by atoms with Gasteiger partial charge in [0.1, 0.15) is 30.0 Å². The molecule has 0 radical (unpaired) electrons. The van der Waals surface area contributed by atoms with Gasteiger partial charge in [-0.1, -0.05) is 18.2 Å². The molecule has 0 aliphatic heterocycles. The average Bonchev–Trinajstić information content (AvgIpc) is 3.28. The van der Waals surface area contributed by atoms with Crippen molar-refractivity contribution in [2.75, 3.05) is 5.73 Å². The number of para-hydroxylation sites is 1. The Kier molecular flexibility index (Phi) is 3.66. The Hall–Kier alpha value is -4.08. The standard InChI is InChI=1S/C19H17N9O/c1-11-5-3-4-6-14(11)28-15(25-13-8-23-26(2)16(13)19(28)29)9-27-18-12(7-24-27)17(20)21-10-22-18/h3-8,10H,9H2,1-2H3,(H2,20,21,22). The van der Waals surface area contributed by atoms with Gasteiger partial charge in [0, 0.05) is 7.05 Å². The van der Waals surface area contributed by atoms with Crippen molar-refractivity contribution in [1.29, 1.82) is 0 Å². The number of anilines is 1. The first-order chi connectivity index (χ1) is 14.0. The maximum atomic E-state index is 13.4. The molecule has 0 spiro atoms. The van der Waals surface area contributed by atoms with Crippen LogP contribution in [0.25, 0.3) is 27.8 Å². The highest BCUT2D eigenvalue weighted by atomic mass is 16.1. The van der Waals surface area contributed by atoms with Crippen molar-refractivity contribution in [2.45, 2.75) is 13.5 Å². The van der Waals surface area contributed by atoms with E-state index in [0.29, 0.717) is 33.7 Å². The molecule has 5 aromatic rings. The van der Waals surface area contributed by atoms with Gasteiger partial charge in [0.25, 0.3) is 5.56 Å². The summed E-state index contributed by atoms with van der Waals surface area (Å²) in [6.45, 7) is 2.19. The Morgan fingerprint density at radius 1 is 1.10 bits per heavy atom. The van der Waals surface area contributed by atoms with Crippen molar-refractivity contribution in [2.24, 2.45) is 7.05 Å². The Labute approximate surface area is 164 Å². The Bertz CT molecular complexity index is 1440. The second-order valence-electron chi connectivity index (χ2n) is 6.76. The summed E-state index contributed by atoms with van der Waals surface area (Å²) >= 11 is 0. The number of aryl methyl sites for hydroxylation is 2. The number of benzene rings is 1. The van der Waals surface area contributed by atoms with Crippen LogP contribution in [-0.2, 0) is 13.6 Å². The summed E-state index contributed by atoms with van der Waals surface area (Å²) in [7, 11) is 1.73. The molecular formula is C19H17N9O. The van der Waals surface area contributed by atoms with E-state index in [-0.39, 0.29) is 12.1 Å². The van der Waals surface area contributed by atoms with Crippen LogP contribution in [0.3, 0.4) is 0 Å². The number of nitrogen functional groups attached to an aromatic ring is 1. The van der Waals surface area contributed by atoms with E-state index in [1.54, 1.807) is 33.4 Å². The molecule has 0 aliphatic carbocycles. The van der Waals surface area contributed by atoms with E-state index in [0.717, 1.165) is 11.3 Å². The number of nitrogens with zero attached hydrogens (tertiary/aromatic N) is 8. The SMILES string of the molecule is Cc1ccccc1-n1c(Cn2ncc3c(N)ncnc32)nc2cnn(C)c2c1=O.